The van der Waals surface area contributed by atoms with Crippen molar-refractivity contribution >= 4 is 68.4 Å². The molecule has 12 heteroatoms. The predicted octanol–water partition coefficient (Wildman–Crippen LogP) is 6.07. The Morgan fingerprint density at radius 1 is 0.978 bits per heavy atom. The minimum atomic E-state index is -2.19. The van der Waals surface area contributed by atoms with Gasteiger partial charge in [0.2, 0.25) is 11.8 Å². The molecule has 4 aliphatic rings. The Kier molecular flexibility index (Phi) is 7.34. The van der Waals surface area contributed by atoms with E-state index in [1.807, 2.05) is 30.3 Å². The topological polar surface area (TPSA) is 104 Å². The zero-order valence-electron chi connectivity index (χ0n) is 24.3. The van der Waals surface area contributed by atoms with Crippen molar-refractivity contribution in [2.24, 2.45) is 17.8 Å². The Labute approximate surface area is 281 Å². The van der Waals surface area contributed by atoms with Crippen molar-refractivity contribution < 1.29 is 33.4 Å². The van der Waals surface area contributed by atoms with E-state index >= 15 is 0 Å². The normalized spacial score (nSPS) is 30.2. The molecule has 236 valence electrons. The van der Waals surface area contributed by atoms with Crippen LogP contribution in [0, 0.1) is 23.6 Å². The van der Waals surface area contributed by atoms with Crippen LogP contribution in [-0.2, 0) is 25.7 Å². The van der Waals surface area contributed by atoms with Gasteiger partial charge in [-0.05, 0) is 60.7 Å². The molecule has 2 aliphatic heterocycles. The van der Waals surface area contributed by atoms with Crippen LogP contribution in [0.1, 0.15) is 29.9 Å². The van der Waals surface area contributed by atoms with Crippen molar-refractivity contribution in [3.63, 3.8) is 0 Å². The Hall–Kier alpha value is -3.73. The molecule has 7 rings (SSSR count). The van der Waals surface area contributed by atoms with Crippen molar-refractivity contribution in [3.8, 4) is 11.5 Å². The van der Waals surface area contributed by atoms with Gasteiger partial charge >= 0.3 is 0 Å². The number of nitrogens with zero attached hydrogens (tertiary/aromatic N) is 2. The molecule has 2 saturated heterocycles. The summed E-state index contributed by atoms with van der Waals surface area (Å²) >= 11 is 18.2. The first-order valence-corrected chi connectivity index (χ1v) is 16.1. The number of phenols is 1. The number of ether oxygens (including phenoxy) is 1. The molecule has 3 fully saturated rings. The van der Waals surface area contributed by atoms with Crippen LogP contribution in [0.15, 0.2) is 82.9 Å². The number of phenolic OH excluding ortho intramolecular Hbond substituents is 1. The molecule has 0 aromatic heterocycles. The Morgan fingerprint density at radius 3 is 2.35 bits per heavy atom. The van der Waals surface area contributed by atoms with Gasteiger partial charge in [0.25, 0.3) is 11.8 Å². The highest BCUT2D eigenvalue weighted by atomic mass is 79.9. The summed E-state index contributed by atoms with van der Waals surface area (Å²) in [6, 6.07) is 17.0. The molecule has 1 saturated carbocycles. The van der Waals surface area contributed by atoms with E-state index in [9.17, 15) is 28.7 Å². The molecule has 0 spiro atoms. The molecule has 1 N–H and O–H groups in total. The summed E-state index contributed by atoms with van der Waals surface area (Å²) in [4.78, 5) is 54.5. The molecule has 0 bridgehead atoms. The number of benzene rings is 3. The largest absolute Gasteiger partial charge is 0.504 e. The number of hydrogen-bond donors (Lipinski definition) is 1. The number of anilines is 1. The van der Waals surface area contributed by atoms with Crippen LogP contribution in [0.4, 0.5) is 10.1 Å². The van der Waals surface area contributed by atoms with Crippen LogP contribution >= 0.6 is 39.1 Å². The maximum Gasteiger partial charge on any atom is 0.258 e. The van der Waals surface area contributed by atoms with Gasteiger partial charge in [-0.2, -0.15) is 0 Å². The molecule has 46 heavy (non-hydrogen) atoms. The van der Waals surface area contributed by atoms with Crippen LogP contribution in [0.25, 0.3) is 0 Å². The number of alkyl halides is 2. The van der Waals surface area contributed by atoms with Crippen molar-refractivity contribution in [2.75, 3.05) is 12.0 Å². The molecule has 3 aromatic carbocycles. The van der Waals surface area contributed by atoms with Gasteiger partial charge in [-0.1, -0.05) is 57.9 Å². The maximum atomic E-state index is 14.5. The van der Waals surface area contributed by atoms with Crippen LogP contribution in [0.5, 0.6) is 11.5 Å². The second kappa shape index (κ2) is 10.9. The molecule has 3 aromatic rings. The fourth-order valence-electron chi connectivity index (χ4n) is 7.70. The fourth-order valence-corrected chi connectivity index (χ4v) is 9.08. The summed E-state index contributed by atoms with van der Waals surface area (Å²) in [6.07, 6.45) is 1.74. The summed E-state index contributed by atoms with van der Waals surface area (Å²) in [7, 11) is 1.37. The summed E-state index contributed by atoms with van der Waals surface area (Å²) in [5, 5.41) is 11.5. The number of hydrogen-bond acceptors (Lipinski definition) is 6. The van der Waals surface area contributed by atoms with Crippen LogP contribution < -0.4 is 9.64 Å². The highest BCUT2D eigenvalue weighted by Crippen LogP contribution is 2.67. The lowest BCUT2D eigenvalue weighted by atomic mass is 9.56. The van der Waals surface area contributed by atoms with Gasteiger partial charge in [0.15, 0.2) is 21.2 Å². The molecule has 0 radical (unpaired) electrons. The number of rotatable bonds is 5. The average Bonchev–Trinajstić information content (AvgIpc) is 3.37. The molecule has 4 amide bonds. The Bertz CT molecular complexity index is 1860. The van der Waals surface area contributed by atoms with Crippen molar-refractivity contribution in [2.45, 2.75) is 35.1 Å². The molecule has 2 heterocycles. The molecule has 0 unspecified atom stereocenters. The predicted molar refractivity (Wildman–Crippen MR) is 171 cm³/mol. The lowest BCUT2D eigenvalue weighted by Gasteiger charge is -2.50. The van der Waals surface area contributed by atoms with Gasteiger partial charge in [-0.15, -0.1) is 23.2 Å². The first kappa shape index (κ1) is 30.9. The quantitative estimate of drug-likeness (QED) is 0.195. The second-order valence-electron chi connectivity index (χ2n) is 12.0. The molecule has 2 aliphatic carbocycles. The number of aromatic hydroxyl groups is 1. The molecular weight excluding hydrogens is 702 g/mol. The highest BCUT2D eigenvalue weighted by molar-refractivity contribution is 9.10. The molecule has 8 nitrogen and oxygen atoms in total. The fraction of sp³-hybridized carbons (Fsp3) is 0.294. The van der Waals surface area contributed by atoms with E-state index in [4.69, 9.17) is 27.9 Å². The minimum Gasteiger partial charge on any atom is -0.504 e. The van der Waals surface area contributed by atoms with Crippen LogP contribution in [-0.4, -0.2) is 50.5 Å². The SMILES string of the molecule is COc1cc(Br)cc([C@H]2C3=CC[C@@H]4C(=O)N(Cc5ccccc5)C(=O)[C@@H]4[C@@H]3C[C@@]3(Cl)C(=O)N(c4ccc(F)cc4)C(=O)[C@@]23Cl)c1O. The zero-order valence-corrected chi connectivity index (χ0v) is 27.4. The van der Waals surface area contributed by atoms with Gasteiger partial charge in [0, 0.05) is 16.0 Å². The summed E-state index contributed by atoms with van der Waals surface area (Å²) < 4.78 is 19.8. The molecular formula is C34H26BrCl2FN2O6. The summed E-state index contributed by atoms with van der Waals surface area (Å²) in [5.41, 5.74) is 1.52. The van der Waals surface area contributed by atoms with E-state index in [0.29, 0.717) is 10.0 Å². The third-order valence-electron chi connectivity index (χ3n) is 9.77. The van der Waals surface area contributed by atoms with Crippen LogP contribution in [0.3, 0.4) is 0 Å². The van der Waals surface area contributed by atoms with E-state index in [1.54, 1.807) is 12.1 Å². The second-order valence-corrected chi connectivity index (χ2v) is 14.2. The van der Waals surface area contributed by atoms with E-state index in [1.165, 1.54) is 30.2 Å². The lowest BCUT2D eigenvalue weighted by Crippen LogP contribution is -2.60. The van der Waals surface area contributed by atoms with Gasteiger partial charge in [0.1, 0.15) is 5.82 Å². The van der Waals surface area contributed by atoms with Gasteiger partial charge < -0.3 is 9.84 Å². The number of carbonyl (C=O) groups is 4. The monoisotopic (exact) mass is 726 g/mol. The summed E-state index contributed by atoms with van der Waals surface area (Å²) in [6.45, 7) is 0.0851. The van der Waals surface area contributed by atoms with Gasteiger partial charge in [0.05, 0.1) is 31.2 Å². The Morgan fingerprint density at radius 2 is 1.67 bits per heavy atom. The number of allylic oxidation sites excluding steroid dienone is 2. The number of fused-ring (bicyclic) bond motifs is 4. The smallest absolute Gasteiger partial charge is 0.258 e. The lowest BCUT2D eigenvalue weighted by molar-refractivity contribution is -0.141. The maximum absolute atomic E-state index is 14.5. The first-order chi connectivity index (χ1) is 21.9. The zero-order chi connectivity index (χ0) is 32.7. The standard InChI is InChI=1S/C34H26BrCl2FN2O6/c1-46-25-14-18(35)13-23(28(25)41)27-21-11-12-22-26(30(43)39(29(22)42)16-17-5-3-2-4-6-17)24(21)15-33(36)31(44)40(32(45)34(27,33)37)20-9-7-19(38)8-10-20/h2-11,13-14,22,24,26-27,41H,12,15-16H2,1H3/t22-,24+,26-,27+,33+,34-/m0/s1. The molecule has 6 atom stereocenters. The number of methoxy groups -OCH3 is 1. The number of amides is 4. The average molecular weight is 728 g/mol. The van der Waals surface area contributed by atoms with E-state index in [-0.39, 0.29) is 48.0 Å². The third-order valence-corrected chi connectivity index (χ3v) is 11.6. The number of likely N-dealkylation sites (tertiary alicyclic amines) is 1. The first-order valence-electron chi connectivity index (χ1n) is 14.6. The number of imide groups is 2. The summed E-state index contributed by atoms with van der Waals surface area (Å²) in [5.74, 6) is -6.83. The van der Waals surface area contributed by atoms with E-state index in [0.717, 1.165) is 22.6 Å². The number of carbonyl (C=O) groups excluding carboxylic acids is 4. The minimum absolute atomic E-state index is 0.0663. The van der Waals surface area contributed by atoms with Crippen molar-refractivity contribution in [3.05, 3.63) is 99.8 Å². The van der Waals surface area contributed by atoms with Crippen molar-refractivity contribution in [1.29, 1.82) is 0 Å². The third kappa shape index (κ3) is 4.22. The number of halogens is 4. The van der Waals surface area contributed by atoms with Gasteiger partial charge in [-0.3, -0.25) is 24.1 Å². The van der Waals surface area contributed by atoms with Crippen LogP contribution in [0.2, 0.25) is 0 Å². The van der Waals surface area contributed by atoms with E-state index < -0.39 is 57.0 Å². The van der Waals surface area contributed by atoms with E-state index in [2.05, 4.69) is 15.9 Å². The Balaban J connectivity index is 1.40. The van der Waals surface area contributed by atoms with Crippen molar-refractivity contribution in [1.82, 2.24) is 4.90 Å². The highest BCUT2D eigenvalue weighted by Gasteiger charge is 2.77. The van der Waals surface area contributed by atoms with Gasteiger partial charge in [-0.25, -0.2) is 9.29 Å².